The van der Waals surface area contributed by atoms with Crippen molar-refractivity contribution in [3.63, 3.8) is 0 Å². The molecule has 2 rings (SSSR count). The highest BCUT2D eigenvalue weighted by Crippen LogP contribution is 2.16. The Bertz CT molecular complexity index is 729. The van der Waals surface area contributed by atoms with Crippen molar-refractivity contribution in [3.05, 3.63) is 56.7 Å². The van der Waals surface area contributed by atoms with Crippen molar-refractivity contribution in [2.75, 3.05) is 19.6 Å². The lowest BCUT2D eigenvalue weighted by Crippen LogP contribution is -2.41. The van der Waals surface area contributed by atoms with Crippen LogP contribution in [0.3, 0.4) is 0 Å². The summed E-state index contributed by atoms with van der Waals surface area (Å²) in [4.78, 5) is 17.9. The Balaban J connectivity index is 1.80. The highest BCUT2D eigenvalue weighted by atomic mass is 35.5. The Labute approximate surface area is 157 Å². The van der Waals surface area contributed by atoms with E-state index in [0.29, 0.717) is 30.2 Å². The van der Waals surface area contributed by atoms with Crippen LogP contribution < -0.4 is 16.0 Å². The number of amides is 1. The van der Waals surface area contributed by atoms with Crippen molar-refractivity contribution in [3.8, 4) is 0 Å². The summed E-state index contributed by atoms with van der Waals surface area (Å²) in [5.74, 6) is 0.561. The maximum atomic E-state index is 12.1. The molecule has 0 saturated heterocycles. The number of hydrogen-bond acceptors (Lipinski definition) is 3. The predicted molar refractivity (Wildman–Crippen MR) is 106 cm³/mol. The van der Waals surface area contributed by atoms with E-state index in [9.17, 15) is 4.79 Å². The van der Waals surface area contributed by atoms with Gasteiger partial charge in [-0.1, -0.05) is 23.7 Å². The third kappa shape index (κ3) is 6.07. The number of halogens is 1. The number of carbonyl (C=O) groups is 1. The average Bonchev–Trinajstić information content (AvgIpc) is 3.01. The van der Waals surface area contributed by atoms with E-state index in [1.807, 2.05) is 6.92 Å². The molecule has 0 aliphatic carbocycles. The van der Waals surface area contributed by atoms with E-state index < -0.39 is 0 Å². The maximum Gasteiger partial charge on any atom is 0.252 e. The lowest BCUT2D eigenvalue weighted by Gasteiger charge is -2.12. The highest BCUT2D eigenvalue weighted by Gasteiger charge is 2.08. The first kappa shape index (κ1) is 19.3. The molecule has 0 aliphatic rings. The van der Waals surface area contributed by atoms with Crippen LogP contribution in [0.4, 0.5) is 0 Å². The summed E-state index contributed by atoms with van der Waals surface area (Å²) in [5.41, 5.74) is 1.74. The fraction of sp³-hybridized carbons (Fsp3) is 0.333. The molecule has 5 nitrogen and oxygen atoms in total. The number of nitrogens with zero attached hydrogens (tertiary/aromatic N) is 1. The lowest BCUT2D eigenvalue weighted by atomic mass is 10.2. The summed E-state index contributed by atoms with van der Waals surface area (Å²) in [6, 6.07) is 9.11. The van der Waals surface area contributed by atoms with Crippen LogP contribution in [0.5, 0.6) is 0 Å². The van der Waals surface area contributed by atoms with Gasteiger partial charge >= 0.3 is 0 Å². The summed E-state index contributed by atoms with van der Waals surface area (Å²) in [7, 11) is 0. The monoisotopic (exact) mass is 378 g/mol. The quantitative estimate of drug-likeness (QED) is 0.394. The van der Waals surface area contributed by atoms with Crippen molar-refractivity contribution in [1.82, 2.24) is 16.0 Å². The SMILES string of the molecule is CCNC(=NCc1sccc1C)NCCNC(=O)c1ccccc1Cl. The molecule has 0 atom stereocenters. The van der Waals surface area contributed by atoms with Gasteiger partial charge in [0.15, 0.2) is 5.96 Å². The predicted octanol–water partition coefficient (Wildman–Crippen LogP) is 3.20. The largest absolute Gasteiger partial charge is 0.357 e. The lowest BCUT2D eigenvalue weighted by molar-refractivity contribution is 0.0954. The molecule has 134 valence electrons. The first-order chi connectivity index (χ1) is 12.1. The smallest absolute Gasteiger partial charge is 0.252 e. The van der Waals surface area contributed by atoms with Crippen LogP contribution in [0.1, 0.15) is 27.7 Å². The molecule has 3 N–H and O–H groups in total. The molecule has 2 aromatic rings. The second-order valence-electron chi connectivity index (χ2n) is 5.38. The molecule has 0 spiro atoms. The van der Waals surface area contributed by atoms with Crippen molar-refractivity contribution in [2.45, 2.75) is 20.4 Å². The van der Waals surface area contributed by atoms with Gasteiger partial charge in [0.05, 0.1) is 17.1 Å². The van der Waals surface area contributed by atoms with E-state index in [1.165, 1.54) is 10.4 Å². The molecule has 1 aromatic carbocycles. The van der Waals surface area contributed by atoms with Gasteiger partial charge in [0, 0.05) is 24.5 Å². The molecule has 7 heteroatoms. The van der Waals surface area contributed by atoms with Gasteiger partial charge < -0.3 is 16.0 Å². The van der Waals surface area contributed by atoms with Crippen LogP contribution in [-0.2, 0) is 6.54 Å². The molecule has 1 aromatic heterocycles. The van der Waals surface area contributed by atoms with Crippen molar-refractivity contribution in [2.24, 2.45) is 4.99 Å². The van der Waals surface area contributed by atoms with Gasteiger partial charge in [-0.2, -0.15) is 0 Å². The standard InChI is InChI=1S/C18H23ClN4OS/c1-3-20-18(23-12-16-13(2)8-11-25-16)22-10-9-21-17(24)14-6-4-5-7-15(14)19/h4-8,11H,3,9-10,12H2,1-2H3,(H,21,24)(H2,20,22,23). The molecule has 0 aliphatic heterocycles. The summed E-state index contributed by atoms with van der Waals surface area (Å²) in [6.07, 6.45) is 0. The molecule has 0 unspecified atom stereocenters. The normalized spacial score (nSPS) is 11.2. The van der Waals surface area contributed by atoms with Crippen LogP contribution in [0.2, 0.25) is 5.02 Å². The van der Waals surface area contributed by atoms with Crippen molar-refractivity contribution >= 4 is 34.8 Å². The van der Waals surface area contributed by atoms with E-state index in [4.69, 9.17) is 11.6 Å². The number of thiophene rings is 1. The van der Waals surface area contributed by atoms with Crippen LogP contribution in [0.15, 0.2) is 40.7 Å². The van der Waals surface area contributed by atoms with E-state index in [1.54, 1.807) is 35.6 Å². The first-order valence-corrected chi connectivity index (χ1v) is 9.45. The Morgan fingerprint density at radius 1 is 1.16 bits per heavy atom. The van der Waals surface area contributed by atoms with Crippen molar-refractivity contribution < 1.29 is 4.79 Å². The minimum atomic E-state index is -0.177. The Kier molecular flexibility index (Phi) is 7.76. The Morgan fingerprint density at radius 2 is 1.92 bits per heavy atom. The zero-order chi connectivity index (χ0) is 18.1. The van der Waals surface area contributed by atoms with Gasteiger partial charge in [-0.25, -0.2) is 4.99 Å². The number of nitrogens with one attached hydrogen (secondary N) is 3. The highest BCUT2D eigenvalue weighted by molar-refractivity contribution is 7.10. The molecule has 1 amide bonds. The molecular weight excluding hydrogens is 356 g/mol. The van der Waals surface area contributed by atoms with E-state index in [0.717, 1.165) is 12.5 Å². The number of benzene rings is 1. The van der Waals surface area contributed by atoms with Crippen molar-refractivity contribution in [1.29, 1.82) is 0 Å². The number of carbonyl (C=O) groups excluding carboxylic acids is 1. The van der Waals surface area contributed by atoms with E-state index in [2.05, 4.69) is 39.3 Å². The molecule has 0 bridgehead atoms. The minimum Gasteiger partial charge on any atom is -0.357 e. The zero-order valence-corrected chi connectivity index (χ0v) is 16.0. The number of aryl methyl sites for hydroxylation is 1. The molecule has 1 heterocycles. The molecule has 0 radical (unpaired) electrons. The summed E-state index contributed by atoms with van der Waals surface area (Å²) >= 11 is 7.73. The second kappa shape index (κ2) is 10.1. The molecule has 0 fully saturated rings. The third-order valence-electron chi connectivity index (χ3n) is 3.51. The van der Waals surface area contributed by atoms with Gasteiger partial charge in [0.1, 0.15) is 0 Å². The van der Waals surface area contributed by atoms with Crippen LogP contribution in [0.25, 0.3) is 0 Å². The topological polar surface area (TPSA) is 65.5 Å². The Hall–Kier alpha value is -2.05. The van der Waals surface area contributed by atoms with Gasteiger partial charge in [-0.3, -0.25) is 4.79 Å². The summed E-state index contributed by atoms with van der Waals surface area (Å²) < 4.78 is 0. The molecular formula is C18H23ClN4OS. The van der Waals surface area contributed by atoms with Crippen LogP contribution in [-0.4, -0.2) is 31.5 Å². The number of aliphatic imine (C=N–C) groups is 1. The summed E-state index contributed by atoms with van der Waals surface area (Å²) in [6.45, 7) is 6.59. The Morgan fingerprint density at radius 3 is 2.60 bits per heavy atom. The fourth-order valence-electron chi connectivity index (χ4n) is 2.16. The molecule has 0 saturated carbocycles. The van der Waals surface area contributed by atoms with E-state index >= 15 is 0 Å². The first-order valence-electron chi connectivity index (χ1n) is 8.19. The third-order valence-corrected chi connectivity index (χ3v) is 4.85. The number of rotatable bonds is 7. The minimum absolute atomic E-state index is 0.177. The zero-order valence-electron chi connectivity index (χ0n) is 14.4. The van der Waals surface area contributed by atoms with Gasteiger partial charge in [0.2, 0.25) is 0 Å². The maximum absolute atomic E-state index is 12.1. The summed E-state index contributed by atoms with van der Waals surface area (Å²) in [5, 5.41) is 11.8. The number of guanidine groups is 1. The average molecular weight is 379 g/mol. The van der Waals surface area contributed by atoms with Crippen LogP contribution >= 0.6 is 22.9 Å². The second-order valence-corrected chi connectivity index (χ2v) is 6.79. The molecule has 25 heavy (non-hydrogen) atoms. The fourth-order valence-corrected chi connectivity index (χ4v) is 3.21. The van der Waals surface area contributed by atoms with Gasteiger partial charge in [-0.05, 0) is 43.0 Å². The van der Waals surface area contributed by atoms with Crippen LogP contribution in [0, 0.1) is 6.92 Å². The number of hydrogen-bond donors (Lipinski definition) is 3. The van der Waals surface area contributed by atoms with Gasteiger partial charge in [-0.15, -0.1) is 11.3 Å². The van der Waals surface area contributed by atoms with Gasteiger partial charge in [0.25, 0.3) is 5.91 Å². The van der Waals surface area contributed by atoms with E-state index in [-0.39, 0.29) is 5.91 Å².